The first-order chi connectivity index (χ1) is 11.4. The fourth-order valence-electron chi connectivity index (χ4n) is 3.98. The van der Waals surface area contributed by atoms with E-state index in [9.17, 15) is 0 Å². The molecule has 2 aliphatic rings. The normalized spacial score (nSPS) is 22.4. The Morgan fingerprint density at radius 3 is 3.00 bits per heavy atom. The summed E-state index contributed by atoms with van der Waals surface area (Å²) < 4.78 is 1.97. The van der Waals surface area contributed by atoms with Crippen molar-refractivity contribution in [2.45, 2.75) is 25.3 Å². The molecule has 3 aromatic rings. The molecule has 1 N–H and O–H groups in total. The highest BCUT2D eigenvalue weighted by Gasteiger charge is 2.30. The monoisotopic (exact) mass is 302 g/mol. The molecular weight excluding hydrogens is 284 g/mol. The van der Waals surface area contributed by atoms with Crippen molar-refractivity contribution in [1.82, 2.24) is 14.6 Å². The molecule has 1 aliphatic heterocycles. The van der Waals surface area contributed by atoms with E-state index in [1.54, 1.807) is 6.33 Å². The van der Waals surface area contributed by atoms with Gasteiger partial charge in [0.1, 0.15) is 12.0 Å². The van der Waals surface area contributed by atoms with Gasteiger partial charge in [-0.3, -0.25) is 0 Å². The van der Waals surface area contributed by atoms with Crippen molar-refractivity contribution in [2.24, 2.45) is 5.92 Å². The third-order valence-corrected chi connectivity index (χ3v) is 5.09. The molecule has 0 amide bonds. The van der Waals surface area contributed by atoms with Gasteiger partial charge < -0.3 is 5.32 Å². The maximum absolute atomic E-state index is 4.60. The summed E-state index contributed by atoms with van der Waals surface area (Å²) in [5.74, 6) is 0.602. The highest BCUT2D eigenvalue weighted by molar-refractivity contribution is 5.89. The van der Waals surface area contributed by atoms with E-state index in [0.717, 1.165) is 23.2 Å². The van der Waals surface area contributed by atoms with Crippen molar-refractivity contribution >= 4 is 11.2 Å². The molecule has 0 bridgehead atoms. The van der Waals surface area contributed by atoms with Gasteiger partial charge in [-0.05, 0) is 37.3 Å². The van der Waals surface area contributed by atoms with Crippen LogP contribution in [0.25, 0.3) is 16.8 Å². The number of hydrogen-bond donors (Lipinski definition) is 1. The van der Waals surface area contributed by atoms with Crippen LogP contribution >= 0.6 is 0 Å². The van der Waals surface area contributed by atoms with Crippen molar-refractivity contribution < 1.29 is 0 Å². The van der Waals surface area contributed by atoms with E-state index in [2.05, 4.69) is 64.1 Å². The fraction of sp³-hybridized carbons (Fsp3) is 0.263. The number of hydrogen-bond acceptors (Lipinski definition) is 3. The molecule has 23 heavy (non-hydrogen) atoms. The fourth-order valence-corrected chi connectivity index (χ4v) is 3.98. The summed E-state index contributed by atoms with van der Waals surface area (Å²) in [4.78, 5) is 4.60. The minimum Gasteiger partial charge on any atom is -0.377 e. The number of nitrogens with zero attached hydrogens (tertiary/aromatic N) is 3. The SMILES string of the molecule is C1=CCC(C2Nc3ccccc3-c3ncnn4ccc2c34)CC1. The highest BCUT2D eigenvalue weighted by atomic mass is 15.2. The molecule has 4 heteroatoms. The molecule has 1 aromatic carbocycles. The predicted octanol–water partition coefficient (Wildman–Crippen LogP) is 4.22. The molecule has 2 aromatic heterocycles. The van der Waals surface area contributed by atoms with E-state index < -0.39 is 0 Å². The van der Waals surface area contributed by atoms with Crippen molar-refractivity contribution in [3.8, 4) is 11.3 Å². The summed E-state index contributed by atoms with van der Waals surface area (Å²) in [5.41, 5.74) is 5.82. The molecule has 0 saturated heterocycles. The van der Waals surface area contributed by atoms with Crippen molar-refractivity contribution in [2.75, 3.05) is 5.32 Å². The zero-order valence-electron chi connectivity index (χ0n) is 12.8. The number of anilines is 1. The molecule has 2 atom stereocenters. The summed E-state index contributed by atoms with van der Waals surface area (Å²) in [6.45, 7) is 0. The second-order valence-electron chi connectivity index (χ2n) is 6.39. The Bertz CT molecular complexity index is 909. The molecule has 0 fully saturated rings. The third-order valence-electron chi connectivity index (χ3n) is 5.09. The van der Waals surface area contributed by atoms with Gasteiger partial charge in [0, 0.05) is 23.0 Å². The van der Waals surface area contributed by atoms with Gasteiger partial charge in [-0.25, -0.2) is 9.50 Å². The summed E-state index contributed by atoms with van der Waals surface area (Å²) in [6, 6.07) is 11.0. The van der Waals surface area contributed by atoms with E-state index in [1.807, 2.05) is 4.52 Å². The predicted molar refractivity (Wildman–Crippen MR) is 91.3 cm³/mol. The van der Waals surface area contributed by atoms with Crippen LogP contribution in [0.4, 0.5) is 5.69 Å². The molecule has 0 saturated carbocycles. The van der Waals surface area contributed by atoms with Crippen LogP contribution in [0.1, 0.15) is 30.9 Å². The van der Waals surface area contributed by atoms with E-state index in [4.69, 9.17) is 0 Å². The van der Waals surface area contributed by atoms with Gasteiger partial charge in [-0.1, -0.05) is 30.4 Å². The quantitative estimate of drug-likeness (QED) is 0.684. The zero-order valence-corrected chi connectivity index (χ0v) is 12.8. The number of nitrogens with one attached hydrogen (secondary N) is 1. The number of rotatable bonds is 1. The smallest absolute Gasteiger partial charge is 0.137 e. The summed E-state index contributed by atoms with van der Waals surface area (Å²) in [7, 11) is 0. The lowest BCUT2D eigenvalue weighted by Crippen LogP contribution is -2.21. The van der Waals surface area contributed by atoms with Gasteiger partial charge in [0.15, 0.2) is 0 Å². The lowest BCUT2D eigenvalue weighted by Gasteiger charge is -2.29. The van der Waals surface area contributed by atoms with Gasteiger partial charge in [0.25, 0.3) is 0 Å². The average Bonchev–Trinajstić information content (AvgIpc) is 2.98. The van der Waals surface area contributed by atoms with Gasteiger partial charge in [-0.15, -0.1) is 0 Å². The number of allylic oxidation sites excluding steroid dienone is 2. The largest absolute Gasteiger partial charge is 0.377 e. The Morgan fingerprint density at radius 1 is 1.13 bits per heavy atom. The molecular formula is C19H18N4. The van der Waals surface area contributed by atoms with E-state index in [1.165, 1.54) is 24.1 Å². The molecule has 3 heterocycles. The van der Waals surface area contributed by atoms with Crippen LogP contribution in [0.5, 0.6) is 0 Å². The molecule has 1 aliphatic carbocycles. The molecule has 2 unspecified atom stereocenters. The van der Waals surface area contributed by atoms with Crippen LogP contribution in [-0.4, -0.2) is 14.6 Å². The topological polar surface area (TPSA) is 42.2 Å². The van der Waals surface area contributed by atoms with Crippen LogP contribution in [0.15, 0.2) is 55.0 Å². The highest BCUT2D eigenvalue weighted by Crippen LogP contribution is 2.43. The van der Waals surface area contributed by atoms with Crippen LogP contribution < -0.4 is 5.32 Å². The van der Waals surface area contributed by atoms with Crippen LogP contribution in [-0.2, 0) is 0 Å². The number of para-hydroxylation sites is 1. The zero-order chi connectivity index (χ0) is 15.2. The summed E-state index contributed by atoms with van der Waals surface area (Å²) >= 11 is 0. The van der Waals surface area contributed by atoms with E-state index >= 15 is 0 Å². The Morgan fingerprint density at radius 2 is 2.09 bits per heavy atom. The van der Waals surface area contributed by atoms with E-state index in [0.29, 0.717) is 12.0 Å². The second-order valence-corrected chi connectivity index (χ2v) is 6.39. The average molecular weight is 302 g/mol. The van der Waals surface area contributed by atoms with Crippen LogP contribution in [0, 0.1) is 5.92 Å². The first kappa shape index (κ1) is 12.9. The van der Waals surface area contributed by atoms with Crippen molar-refractivity contribution in [1.29, 1.82) is 0 Å². The maximum Gasteiger partial charge on any atom is 0.137 e. The van der Waals surface area contributed by atoms with Gasteiger partial charge in [0.2, 0.25) is 0 Å². The van der Waals surface area contributed by atoms with Crippen molar-refractivity contribution in [3.63, 3.8) is 0 Å². The minimum absolute atomic E-state index is 0.304. The Labute approximate surface area is 134 Å². The second kappa shape index (κ2) is 4.95. The standard InChI is InChI=1S/C19H18N4/c1-2-6-13(7-3-1)17-15-10-11-23-19(15)18(20-12-21-23)14-8-4-5-9-16(14)22-17/h1-2,4-5,8-13,17,22H,3,6-7H2. The lowest BCUT2D eigenvalue weighted by molar-refractivity contribution is 0.420. The third kappa shape index (κ3) is 1.91. The molecule has 114 valence electrons. The molecule has 0 radical (unpaired) electrons. The Balaban J connectivity index is 1.78. The van der Waals surface area contributed by atoms with Gasteiger partial charge in [0.05, 0.1) is 11.6 Å². The maximum atomic E-state index is 4.60. The lowest BCUT2D eigenvalue weighted by atomic mass is 9.84. The molecule has 5 rings (SSSR count). The molecule has 4 nitrogen and oxygen atoms in total. The number of aromatic nitrogens is 3. The number of benzene rings is 1. The number of fused-ring (bicyclic) bond motifs is 2. The van der Waals surface area contributed by atoms with Gasteiger partial charge in [-0.2, -0.15) is 5.10 Å². The first-order valence-corrected chi connectivity index (χ1v) is 8.25. The van der Waals surface area contributed by atoms with Crippen molar-refractivity contribution in [3.05, 3.63) is 60.6 Å². The van der Waals surface area contributed by atoms with E-state index in [-0.39, 0.29) is 0 Å². The summed E-state index contributed by atoms with van der Waals surface area (Å²) in [6.07, 6.45) is 11.8. The van der Waals surface area contributed by atoms with Crippen LogP contribution in [0.2, 0.25) is 0 Å². The first-order valence-electron chi connectivity index (χ1n) is 8.25. The van der Waals surface area contributed by atoms with Crippen LogP contribution in [0.3, 0.4) is 0 Å². The molecule has 0 spiro atoms. The van der Waals surface area contributed by atoms with Gasteiger partial charge >= 0.3 is 0 Å². The Kier molecular flexibility index (Phi) is 2.77. The summed E-state index contributed by atoms with van der Waals surface area (Å²) in [5, 5.41) is 8.21. The Hall–Kier alpha value is -2.62. The minimum atomic E-state index is 0.304.